The molecule has 11 aromatic rings. The number of hydrogen-bond donors (Lipinski definition) is 0. The quantitative estimate of drug-likeness (QED) is 0.142. The van der Waals surface area contributed by atoms with Gasteiger partial charge in [0.2, 0.25) is 0 Å². The summed E-state index contributed by atoms with van der Waals surface area (Å²) in [6, 6.07) is 20.9. The number of aryl methyl sites for hydroxylation is 11. The van der Waals surface area contributed by atoms with Crippen LogP contribution in [0.15, 0.2) is 191 Å². The molecule has 0 aliphatic heterocycles. The maximum atomic E-state index is 3.98. The van der Waals surface area contributed by atoms with E-state index < -0.39 is 0 Å². The van der Waals surface area contributed by atoms with Gasteiger partial charge in [-0.1, -0.05) is 6.07 Å². The summed E-state index contributed by atoms with van der Waals surface area (Å²) >= 11 is 0. The Morgan fingerprint density at radius 2 is 0.779 bits per heavy atom. The molecule has 0 amide bonds. The fraction of sp³-hybridized carbons (Fsp3) is 0.208. The fourth-order valence-electron chi connectivity index (χ4n) is 3.91. The Bertz CT molecular complexity index is 2210. The highest BCUT2D eigenvalue weighted by atomic mass is 15.3. The summed E-state index contributed by atoms with van der Waals surface area (Å²) in [7, 11) is 0. The average molecular weight is 1040 g/mol. The normalized spacial score (nSPS) is 8.71. The van der Waals surface area contributed by atoms with Crippen molar-refractivity contribution < 1.29 is 0 Å². The van der Waals surface area contributed by atoms with Crippen LogP contribution in [0.2, 0.25) is 0 Å². The fourth-order valence-corrected chi connectivity index (χ4v) is 3.91. The molecule has 0 bridgehead atoms. The Kier molecular flexibility index (Phi) is 38.3. The first kappa shape index (κ1) is 64.8. The largest absolute Gasteiger partial charge is 0.265 e. The second kappa shape index (κ2) is 45.6. The van der Waals surface area contributed by atoms with Crippen LogP contribution in [0.3, 0.4) is 0 Å². The van der Waals surface area contributed by atoms with E-state index in [2.05, 4.69) is 121 Å². The molecule has 0 spiro atoms. The van der Waals surface area contributed by atoms with Gasteiger partial charge in [-0.3, -0.25) is 9.97 Å². The lowest BCUT2D eigenvalue weighted by Gasteiger charge is -1.82. The SMILES string of the molecule is Cc1ccccn1.Cc1cccnn1.Cc1ccncc1.Cc1ccncn1.Cc1ccnnc1.Cc1ccnnn1.Cc1cncnc1.Cc1cnncn1.Cc1cnnnc1.Cc1ncccn1.Cc1ncncn1. The molecule has 0 aromatic carbocycles. The first-order valence-corrected chi connectivity index (χ1v) is 23.1. The predicted octanol–water partition coefficient (Wildman–Crippen LogP) is 7.43. The second-order valence-corrected chi connectivity index (χ2v) is 14.9. The highest BCUT2D eigenvalue weighted by Crippen LogP contribution is 1.90. The van der Waals surface area contributed by atoms with Crippen LogP contribution in [0.25, 0.3) is 0 Å². The molecule has 24 heteroatoms. The van der Waals surface area contributed by atoms with E-state index in [1.807, 2.05) is 131 Å². The van der Waals surface area contributed by atoms with Gasteiger partial charge in [0.15, 0.2) is 0 Å². The highest BCUT2D eigenvalue weighted by Gasteiger charge is 1.81. The van der Waals surface area contributed by atoms with Gasteiger partial charge in [0.25, 0.3) is 0 Å². The van der Waals surface area contributed by atoms with Crippen LogP contribution in [0, 0.1) is 76.2 Å². The monoisotopic (exact) mass is 1040 g/mol. The first-order chi connectivity index (χ1) is 37.3. The molecule has 0 unspecified atom stereocenters. The number of pyridine rings is 2. The van der Waals surface area contributed by atoms with Gasteiger partial charge in [-0.15, -0.1) is 25.5 Å². The van der Waals surface area contributed by atoms with E-state index >= 15 is 0 Å². The number of hydrogen-bond acceptors (Lipinski definition) is 24. The Morgan fingerprint density at radius 1 is 0.234 bits per heavy atom. The smallest absolute Gasteiger partial charge is 0.138 e. The maximum Gasteiger partial charge on any atom is 0.138 e. The minimum Gasteiger partial charge on any atom is -0.265 e. The highest BCUT2D eigenvalue weighted by molar-refractivity contribution is 5.06. The molecule has 0 atom stereocenters. The molecule has 0 radical (unpaired) electrons. The zero-order chi connectivity index (χ0) is 56.2. The molecular weight excluding hydrogens is 973 g/mol. The van der Waals surface area contributed by atoms with E-state index in [4.69, 9.17) is 0 Å². The average Bonchev–Trinajstić information content (AvgIpc) is 3.45. The lowest BCUT2D eigenvalue weighted by atomic mass is 10.3. The Labute approximate surface area is 449 Å². The summed E-state index contributed by atoms with van der Waals surface area (Å²) in [4.78, 5) is 45.7. The molecule has 0 fully saturated rings. The van der Waals surface area contributed by atoms with E-state index in [-0.39, 0.29) is 0 Å². The molecule has 0 aliphatic rings. The van der Waals surface area contributed by atoms with Gasteiger partial charge in [-0.25, -0.2) is 49.8 Å². The summed E-state index contributed by atoms with van der Waals surface area (Å²) in [6.07, 6.45) is 33.1. The van der Waals surface area contributed by atoms with Crippen molar-refractivity contribution >= 4 is 0 Å². The Balaban J connectivity index is 0.000000423. The molecular formula is C53H64N24. The van der Waals surface area contributed by atoms with Crippen LogP contribution in [0.4, 0.5) is 0 Å². The summed E-state index contributed by atoms with van der Waals surface area (Å²) < 4.78 is 0. The summed E-state index contributed by atoms with van der Waals surface area (Å²) in [6.45, 7) is 21.1. The van der Waals surface area contributed by atoms with Crippen molar-refractivity contribution in [2.75, 3.05) is 0 Å². The minimum absolute atomic E-state index is 0.759. The van der Waals surface area contributed by atoms with E-state index in [1.54, 1.807) is 105 Å². The van der Waals surface area contributed by atoms with Gasteiger partial charge in [-0.05, 0) is 170 Å². The third-order valence-electron chi connectivity index (χ3n) is 7.72. The topological polar surface area (TPSA) is 309 Å². The van der Waals surface area contributed by atoms with E-state index in [0.29, 0.717) is 0 Å². The Morgan fingerprint density at radius 3 is 1.06 bits per heavy atom. The van der Waals surface area contributed by atoms with Gasteiger partial charge in [0.05, 0.1) is 48.1 Å². The molecule has 11 aromatic heterocycles. The summed E-state index contributed by atoms with van der Waals surface area (Å²) in [5.74, 6) is 1.58. The van der Waals surface area contributed by atoms with Crippen LogP contribution in [-0.4, -0.2) is 121 Å². The van der Waals surface area contributed by atoms with Crippen molar-refractivity contribution in [3.8, 4) is 0 Å². The molecule has 396 valence electrons. The van der Waals surface area contributed by atoms with Crippen LogP contribution in [0.5, 0.6) is 0 Å². The van der Waals surface area contributed by atoms with Crippen molar-refractivity contribution in [2.24, 2.45) is 0 Å². The minimum atomic E-state index is 0.759. The van der Waals surface area contributed by atoms with Crippen LogP contribution >= 0.6 is 0 Å². The van der Waals surface area contributed by atoms with Crippen LogP contribution in [-0.2, 0) is 0 Å². The maximum absolute atomic E-state index is 3.98. The van der Waals surface area contributed by atoms with Crippen molar-refractivity contribution in [1.29, 1.82) is 0 Å². The molecule has 0 aliphatic carbocycles. The van der Waals surface area contributed by atoms with E-state index in [1.165, 1.54) is 37.2 Å². The second-order valence-electron chi connectivity index (χ2n) is 14.9. The Hall–Kier alpha value is -10.3. The zero-order valence-electron chi connectivity index (χ0n) is 45.1. The van der Waals surface area contributed by atoms with E-state index in [9.17, 15) is 0 Å². The molecule has 0 N–H and O–H groups in total. The number of nitrogens with zero attached hydrogens (tertiary/aromatic N) is 24. The summed E-state index contributed by atoms with van der Waals surface area (Å²) in [5, 5.41) is 42.5. The van der Waals surface area contributed by atoms with Gasteiger partial charge in [0.1, 0.15) is 43.3 Å². The van der Waals surface area contributed by atoms with Crippen LogP contribution in [0.1, 0.15) is 62.4 Å². The molecule has 11 rings (SSSR count). The number of rotatable bonds is 0. The third-order valence-corrected chi connectivity index (χ3v) is 7.72. The van der Waals surface area contributed by atoms with Gasteiger partial charge in [0, 0.05) is 73.4 Å². The standard InChI is InChI=1S/2C6H7N.5C5H6N2.4C4H5N3/c1-6-2-4-7-5-3-6;1-6-4-2-3-5-7-6;1-5-2-6-4-7-3-5;1-5-2-3-6-4-7-5;1-5-2-3-6-7-4-5;1-5-6-3-2-4-7-5;1-5-3-2-4-6-7-5;1-4-6-2-5-3-7-4;1-4-2-6-7-3-5-4;1-4-2-5-7-6-3-4;1-4-2-3-5-7-6-4/h2*2-5H,1H3;5*2-4H,1H3;4*2-3H,1H3. The summed E-state index contributed by atoms with van der Waals surface area (Å²) in [5.41, 5.74) is 9.38. The van der Waals surface area contributed by atoms with Gasteiger partial charge >= 0.3 is 0 Å². The molecule has 11 heterocycles. The van der Waals surface area contributed by atoms with Crippen molar-refractivity contribution in [1.82, 2.24) is 121 Å². The lowest BCUT2D eigenvalue weighted by Crippen LogP contribution is -1.85. The van der Waals surface area contributed by atoms with Gasteiger partial charge in [-0.2, -0.15) is 25.5 Å². The molecule has 24 nitrogen and oxygen atoms in total. The van der Waals surface area contributed by atoms with Crippen molar-refractivity contribution in [3.63, 3.8) is 0 Å². The number of aromatic nitrogens is 24. The van der Waals surface area contributed by atoms with Crippen molar-refractivity contribution in [2.45, 2.75) is 76.2 Å². The molecule has 0 saturated heterocycles. The van der Waals surface area contributed by atoms with Gasteiger partial charge < -0.3 is 0 Å². The molecule has 77 heavy (non-hydrogen) atoms. The predicted molar refractivity (Wildman–Crippen MR) is 290 cm³/mol. The third kappa shape index (κ3) is 44.2. The zero-order valence-corrected chi connectivity index (χ0v) is 45.1. The first-order valence-electron chi connectivity index (χ1n) is 23.1. The van der Waals surface area contributed by atoms with Crippen molar-refractivity contribution in [3.05, 3.63) is 254 Å². The van der Waals surface area contributed by atoms with E-state index in [0.717, 1.165) is 56.8 Å². The molecule has 0 saturated carbocycles. The lowest BCUT2D eigenvalue weighted by molar-refractivity contribution is 0.839. The van der Waals surface area contributed by atoms with Crippen LogP contribution < -0.4 is 0 Å².